The molecule has 1 heterocycles. The molecule has 2 bridgehead atoms. The van der Waals surface area contributed by atoms with E-state index in [1.54, 1.807) is 12.4 Å². The maximum atomic E-state index is 13.2. The van der Waals surface area contributed by atoms with E-state index in [9.17, 15) is 23.1 Å². The zero-order valence-electron chi connectivity index (χ0n) is 17.6. The van der Waals surface area contributed by atoms with Gasteiger partial charge in [-0.1, -0.05) is 26.8 Å². The monoisotopic (exact) mass is 447 g/mol. The maximum absolute atomic E-state index is 13.2. The zero-order chi connectivity index (χ0) is 22.8. The summed E-state index contributed by atoms with van der Waals surface area (Å²) in [5.74, 6) is -0.0527. The fourth-order valence-corrected chi connectivity index (χ4v) is 7.86. The van der Waals surface area contributed by atoms with E-state index in [0.717, 1.165) is 6.42 Å². The van der Waals surface area contributed by atoms with E-state index in [-0.39, 0.29) is 23.0 Å². The fraction of sp³-hybridized carbons (Fsp3) is 0.476. The molecule has 4 N–H and O–H groups in total. The van der Waals surface area contributed by atoms with Crippen LogP contribution in [0.4, 0.5) is 17.1 Å². The van der Waals surface area contributed by atoms with E-state index in [2.05, 4.69) is 5.32 Å². The minimum Gasteiger partial charge on any atom is -0.393 e. The summed E-state index contributed by atoms with van der Waals surface area (Å²) in [6.07, 6.45) is 4.96. The van der Waals surface area contributed by atoms with Crippen LogP contribution in [0.3, 0.4) is 0 Å². The molecule has 9 nitrogen and oxygen atoms in total. The lowest BCUT2D eigenvalue weighted by atomic mass is 9.68. The molecule has 0 spiro atoms. The summed E-state index contributed by atoms with van der Waals surface area (Å²) in [7, 11) is -4.70. The first-order valence-corrected chi connectivity index (χ1v) is 11.6. The summed E-state index contributed by atoms with van der Waals surface area (Å²) in [6.45, 7) is 5.94. The van der Waals surface area contributed by atoms with Gasteiger partial charge < -0.3 is 11.1 Å². The second-order valence-electron chi connectivity index (χ2n) is 9.33. The fourth-order valence-electron chi connectivity index (χ4n) is 6.09. The molecule has 2 fully saturated rings. The van der Waals surface area contributed by atoms with Crippen molar-refractivity contribution in [3.8, 4) is 0 Å². The third-order valence-corrected chi connectivity index (χ3v) is 9.55. The minimum absolute atomic E-state index is 0.0232. The van der Waals surface area contributed by atoms with Crippen LogP contribution >= 0.6 is 0 Å². The molecule has 1 aromatic carbocycles. The molecule has 4 rings (SSSR count). The lowest BCUT2D eigenvalue weighted by Gasteiger charge is -2.47. The molecule has 10 heteroatoms. The van der Waals surface area contributed by atoms with E-state index in [1.807, 2.05) is 43.5 Å². The number of benzene rings is 1. The number of nitrogens with zero attached hydrogens (tertiary/aromatic N) is 2. The zero-order valence-corrected chi connectivity index (χ0v) is 18.5. The molecule has 2 aliphatic rings. The number of pyridine rings is 1. The highest BCUT2D eigenvalue weighted by Crippen LogP contribution is 2.74. The number of hydrogen-bond acceptors (Lipinski definition) is 6. The molecule has 2 aliphatic carbocycles. The second-order valence-corrected chi connectivity index (χ2v) is 10.9. The molecule has 0 saturated heterocycles. The molecule has 4 atom stereocenters. The molecule has 2 saturated carbocycles. The number of nitro groups is 1. The molecule has 31 heavy (non-hydrogen) atoms. The van der Waals surface area contributed by atoms with Crippen LogP contribution in [0.25, 0.3) is 0 Å². The first-order chi connectivity index (χ1) is 14.4. The summed E-state index contributed by atoms with van der Waals surface area (Å²) in [5.41, 5.74) is 4.29. The van der Waals surface area contributed by atoms with Crippen molar-refractivity contribution in [2.45, 2.75) is 44.5 Å². The van der Waals surface area contributed by atoms with Crippen molar-refractivity contribution in [1.29, 1.82) is 0 Å². The minimum atomic E-state index is -4.70. The molecule has 4 unspecified atom stereocenters. The molecule has 0 amide bonds. The van der Waals surface area contributed by atoms with Crippen molar-refractivity contribution < 1.29 is 22.5 Å². The summed E-state index contributed by atoms with van der Waals surface area (Å²) < 4.78 is 39.0. The average Bonchev–Trinajstić information content (AvgIpc) is 3.00. The normalized spacial score (nSPS) is 31.5. The summed E-state index contributed by atoms with van der Waals surface area (Å²) in [6, 6.07) is 8.91. The van der Waals surface area contributed by atoms with Crippen LogP contribution in [0.5, 0.6) is 0 Å². The van der Waals surface area contributed by atoms with Crippen LogP contribution in [0.15, 0.2) is 48.8 Å². The Balaban J connectivity index is 1.99. The van der Waals surface area contributed by atoms with Gasteiger partial charge in [-0.2, -0.15) is 13.0 Å². The van der Waals surface area contributed by atoms with Crippen molar-refractivity contribution in [2.24, 2.45) is 16.7 Å². The van der Waals surface area contributed by atoms with E-state index >= 15 is 0 Å². The maximum Gasteiger partial charge on any atom is 0.296 e. The molecular weight excluding hydrogens is 420 g/mol. The van der Waals surface area contributed by atoms with Crippen molar-refractivity contribution >= 4 is 27.2 Å². The van der Waals surface area contributed by atoms with Gasteiger partial charge in [-0.15, -0.1) is 0 Å². The number of nitro benzene ring substituents is 1. The van der Waals surface area contributed by atoms with Crippen molar-refractivity contribution in [3.63, 3.8) is 0 Å². The standard InChI is InChI=1S/C21H26N4O5S/c1-19(2)15-9-10-20(19,3)21(31(28,29)30,18(15)24-11-5-4-6-12-24)23-14-7-8-16(22)17(13-14)25(26)27/h4-8,11-13,15,18,23H,9-10,22H2,1-3H3/p+1. The molecule has 1 aromatic heterocycles. The Labute approximate surface area is 181 Å². The van der Waals surface area contributed by atoms with Crippen molar-refractivity contribution in [3.05, 3.63) is 58.9 Å². The van der Waals surface area contributed by atoms with Gasteiger partial charge in [-0.3, -0.25) is 14.7 Å². The topological polar surface area (TPSA) is 139 Å². The van der Waals surface area contributed by atoms with Crippen LogP contribution in [0.1, 0.15) is 39.7 Å². The number of nitrogens with two attached hydrogens (primary N) is 1. The first-order valence-electron chi connectivity index (χ1n) is 10.1. The van der Waals surface area contributed by atoms with Crippen LogP contribution in [0.2, 0.25) is 0 Å². The number of rotatable bonds is 5. The van der Waals surface area contributed by atoms with Gasteiger partial charge in [0.2, 0.25) is 10.9 Å². The number of hydrogen-bond donors (Lipinski definition) is 3. The highest BCUT2D eigenvalue weighted by Gasteiger charge is 2.82. The summed E-state index contributed by atoms with van der Waals surface area (Å²) in [4.78, 5) is 8.98. The van der Waals surface area contributed by atoms with Crippen molar-refractivity contribution in [2.75, 3.05) is 11.1 Å². The lowest BCUT2D eigenvalue weighted by molar-refractivity contribution is -0.733. The molecule has 0 radical (unpaired) electrons. The Bertz CT molecular complexity index is 1150. The van der Waals surface area contributed by atoms with E-state index < -0.39 is 36.8 Å². The number of nitrogens with one attached hydrogen (secondary N) is 1. The quantitative estimate of drug-likeness (QED) is 0.210. The summed E-state index contributed by atoms with van der Waals surface area (Å²) in [5, 5.41) is 14.5. The smallest absolute Gasteiger partial charge is 0.296 e. The number of aromatic nitrogens is 1. The number of nitrogen functional groups attached to an aromatic ring is 1. The Hall–Kier alpha value is -2.72. The first kappa shape index (κ1) is 21.5. The Kier molecular flexibility index (Phi) is 4.61. The van der Waals surface area contributed by atoms with Gasteiger partial charge in [0.05, 0.1) is 4.92 Å². The SMILES string of the molecule is CC1(C)C2CCC1(C)C(Nc1ccc(N)c([N+](=O)[O-])c1)(S(=O)(=O)O)C2[n+]1ccccc1. The molecule has 166 valence electrons. The molecule has 2 aromatic rings. The van der Waals surface area contributed by atoms with Gasteiger partial charge in [0, 0.05) is 35.2 Å². The predicted octanol–water partition coefficient (Wildman–Crippen LogP) is 3.16. The second kappa shape index (κ2) is 6.64. The van der Waals surface area contributed by atoms with Gasteiger partial charge in [0.15, 0.2) is 12.4 Å². The van der Waals surface area contributed by atoms with E-state index in [0.29, 0.717) is 6.42 Å². The van der Waals surface area contributed by atoms with Gasteiger partial charge in [0.1, 0.15) is 5.69 Å². The lowest BCUT2D eigenvalue weighted by Crippen LogP contribution is -2.67. The Morgan fingerprint density at radius 3 is 2.45 bits per heavy atom. The van der Waals surface area contributed by atoms with Gasteiger partial charge in [0.25, 0.3) is 15.8 Å². The molecular formula is C21H27N4O5S+. The number of anilines is 2. The largest absolute Gasteiger partial charge is 0.393 e. The van der Waals surface area contributed by atoms with E-state index in [4.69, 9.17) is 5.73 Å². The average molecular weight is 448 g/mol. The van der Waals surface area contributed by atoms with Crippen molar-refractivity contribution in [1.82, 2.24) is 0 Å². The van der Waals surface area contributed by atoms with Gasteiger partial charge in [-0.05, 0) is 30.4 Å². The van der Waals surface area contributed by atoms with Gasteiger partial charge >= 0.3 is 0 Å². The highest BCUT2D eigenvalue weighted by molar-refractivity contribution is 7.87. The van der Waals surface area contributed by atoms with Crippen LogP contribution in [-0.4, -0.2) is 22.8 Å². The van der Waals surface area contributed by atoms with Crippen LogP contribution in [-0.2, 0) is 10.1 Å². The van der Waals surface area contributed by atoms with Crippen LogP contribution in [0, 0.1) is 26.9 Å². The third kappa shape index (κ3) is 2.71. The summed E-state index contributed by atoms with van der Waals surface area (Å²) >= 11 is 0. The van der Waals surface area contributed by atoms with Crippen LogP contribution < -0.4 is 15.6 Å². The predicted molar refractivity (Wildman–Crippen MR) is 116 cm³/mol. The highest BCUT2D eigenvalue weighted by atomic mass is 32.2. The van der Waals surface area contributed by atoms with E-state index in [1.165, 1.54) is 18.2 Å². The number of fused-ring (bicyclic) bond motifs is 2. The third-order valence-electron chi connectivity index (χ3n) is 7.95. The van der Waals surface area contributed by atoms with Gasteiger partial charge in [-0.25, -0.2) is 0 Å². The Morgan fingerprint density at radius 2 is 1.87 bits per heavy atom. The Morgan fingerprint density at radius 1 is 1.23 bits per heavy atom. The molecule has 0 aliphatic heterocycles.